The van der Waals surface area contributed by atoms with Crippen LogP contribution in [-0.2, 0) is 6.54 Å². The number of nitrogen functional groups attached to an aromatic ring is 1. The zero-order chi connectivity index (χ0) is 15.1. The molecule has 0 radical (unpaired) electrons. The summed E-state index contributed by atoms with van der Waals surface area (Å²) in [5, 5.41) is 3.16. The fourth-order valence-electron chi connectivity index (χ4n) is 1.74. The molecule has 0 bridgehead atoms. The van der Waals surface area contributed by atoms with Gasteiger partial charge in [-0.05, 0) is 24.5 Å². The van der Waals surface area contributed by atoms with Crippen molar-refractivity contribution in [1.29, 1.82) is 0 Å². The third kappa shape index (κ3) is 4.28. The average molecular weight is 288 g/mol. The van der Waals surface area contributed by atoms with Gasteiger partial charge in [-0.1, -0.05) is 31.2 Å². The van der Waals surface area contributed by atoms with Crippen molar-refractivity contribution in [2.75, 3.05) is 17.3 Å². The first-order chi connectivity index (χ1) is 10.2. The van der Waals surface area contributed by atoms with Crippen molar-refractivity contribution in [1.82, 2.24) is 15.0 Å². The number of anilines is 2. The lowest BCUT2D eigenvalue weighted by Crippen LogP contribution is -2.15. The Morgan fingerprint density at radius 2 is 1.90 bits per heavy atom. The molecule has 112 valence electrons. The van der Waals surface area contributed by atoms with Gasteiger partial charge in [0.15, 0.2) is 0 Å². The zero-order valence-electron chi connectivity index (χ0n) is 12.3. The van der Waals surface area contributed by atoms with Crippen LogP contribution in [0.25, 0.3) is 0 Å². The number of hydrogen-bond donors (Lipinski definition) is 3. The lowest BCUT2D eigenvalue weighted by molar-refractivity contribution is 0.292. The second-order valence-corrected chi connectivity index (χ2v) is 4.54. The highest BCUT2D eigenvalue weighted by molar-refractivity contribution is 5.37. The van der Waals surface area contributed by atoms with Gasteiger partial charge < -0.3 is 10.1 Å². The SMILES string of the molecule is CCCOc1nc(NN)nc(NCc2ccccc2C)n1. The molecule has 21 heavy (non-hydrogen) atoms. The van der Waals surface area contributed by atoms with Crippen molar-refractivity contribution < 1.29 is 4.74 Å². The van der Waals surface area contributed by atoms with Crippen LogP contribution in [0.3, 0.4) is 0 Å². The van der Waals surface area contributed by atoms with Gasteiger partial charge in [-0.15, -0.1) is 0 Å². The predicted molar refractivity (Wildman–Crippen MR) is 81.9 cm³/mol. The van der Waals surface area contributed by atoms with Crippen LogP contribution in [0.1, 0.15) is 24.5 Å². The van der Waals surface area contributed by atoms with Gasteiger partial charge in [0.05, 0.1) is 6.61 Å². The van der Waals surface area contributed by atoms with E-state index >= 15 is 0 Å². The molecule has 2 rings (SSSR count). The Bertz CT molecular complexity index is 589. The van der Waals surface area contributed by atoms with E-state index in [9.17, 15) is 0 Å². The molecular formula is C14H20N6O. The largest absolute Gasteiger partial charge is 0.463 e. The number of hydrazine groups is 1. The van der Waals surface area contributed by atoms with E-state index in [1.54, 1.807) is 0 Å². The van der Waals surface area contributed by atoms with Crippen molar-refractivity contribution in [3.05, 3.63) is 35.4 Å². The first-order valence-corrected chi connectivity index (χ1v) is 6.86. The van der Waals surface area contributed by atoms with Crippen molar-refractivity contribution in [3.63, 3.8) is 0 Å². The molecule has 7 heteroatoms. The number of nitrogens with two attached hydrogens (primary N) is 1. The van der Waals surface area contributed by atoms with Gasteiger partial charge in [0, 0.05) is 6.54 Å². The third-order valence-corrected chi connectivity index (χ3v) is 2.88. The van der Waals surface area contributed by atoms with Gasteiger partial charge in [0.1, 0.15) is 0 Å². The molecule has 0 aliphatic carbocycles. The van der Waals surface area contributed by atoms with Crippen LogP contribution in [0.4, 0.5) is 11.9 Å². The van der Waals surface area contributed by atoms with E-state index in [0.29, 0.717) is 19.1 Å². The highest BCUT2D eigenvalue weighted by Gasteiger charge is 2.07. The quantitative estimate of drug-likeness (QED) is 0.528. The van der Waals surface area contributed by atoms with E-state index in [0.717, 1.165) is 6.42 Å². The Hall–Kier alpha value is -2.41. The van der Waals surface area contributed by atoms with E-state index < -0.39 is 0 Å². The van der Waals surface area contributed by atoms with Crippen LogP contribution in [0.15, 0.2) is 24.3 Å². The first-order valence-electron chi connectivity index (χ1n) is 6.86. The van der Waals surface area contributed by atoms with Crippen molar-refractivity contribution in [2.24, 2.45) is 5.84 Å². The molecule has 2 aromatic rings. The monoisotopic (exact) mass is 288 g/mol. The topological polar surface area (TPSA) is 98.0 Å². The Kier molecular flexibility index (Phi) is 5.28. The molecule has 0 atom stereocenters. The van der Waals surface area contributed by atoms with Gasteiger partial charge in [-0.25, -0.2) is 5.84 Å². The second-order valence-electron chi connectivity index (χ2n) is 4.54. The minimum absolute atomic E-state index is 0.257. The maximum Gasteiger partial charge on any atom is 0.323 e. The third-order valence-electron chi connectivity index (χ3n) is 2.88. The predicted octanol–water partition coefficient (Wildman–Crippen LogP) is 1.87. The molecule has 4 N–H and O–H groups in total. The van der Waals surface area contributed by atoms with E-state index in [4.69, 9.17) is 10.6 Å². The molecule has 0 saturated carbocycles. The Morgan fingerprint density at radius 1 is 1.14 bits per heavy atom. The van der Waals surface area contributed by atoms with E-state index in [1.807, 2.05) is 19.1 Å². The molecule has 0 aliphatic rings. The maximum absolute atomic E-state index is 5.42. The number of rotatable bonds is 7. The van der Waals surface area contributed by atoms with E-state index in [1.165, 1.54) is 11.1 Å². The lowest BCUT2D eigenvalue weighted by atomic mass is 10.1. The van der Waals surface area contributed by atoms with Crippen LogP contribution in [0.2, 0.25) is 0 Å². The molecule has 0 saturated heterocycles. The first kappa shape index (κ1) is 15.0. The summed E-state index contributed by atoms with van der Waals surface area (Å²) >= 11 is 0. The molecule has 0 unspecified atom stereocenters. The molecule has 0 fully saturated rings. The van der Waals surface area contributed by atoms with Gasteiger partial charge in [-0.2, -0.15) is 15.0 Å². The van der Waals surface area contributed by atoms with Crippen LogP contribution >= 0.6 is 0 Å². The zero-order valence-corrected chi connectivity index (χ0v) is 12.3. The van der Waals surface area contributed by atoms with Crippen LogP contribution in [-0.4, -0.2) is 21.6 Å². The Labute approximate surface area is 123 Å². The Morgan fingerprint density at radius 3 is 2.62 bits per heavy atom. The minimum atomic E-state index is 0.257. The van der Waals surface area contributed by atoms with Gasteiger partial charge in [-0.3, -0.25) is 5.43 Å². The second kappa shape index (κ2) is 7.39. The molecular weight excluding hydrogens is 268 g/mol. The fraction of sp³-hybridized carbons (Fsp3) is 0.357. The summed E-state index contributed by atoms with van der Waals surface area (Å²) in [6, 6.07) is 8.38. The average Bonchev–Trinajstić information content (AvgIpc) is 2.52. The van der Waals surface area contributed by atoms with Crippen LogP contribution in [0.5, 0.6) is 6.01 Å². The highest BCUT2D eigenvalue weighted by atomic mass is 16.5. The summed E-state index contributed by atoms with van der Waals surface area (Å²) in [7, 11) is 0. The molecule has 0 spiro atoms. The number of aromatic nitrogens is 3. The van der Waals surface area contributed by atoms with Crippen molar-refractivity contribution in [3.8, 4) is 6.01 Å². The number of benzene rings is 1. The molecule has 7 nitrogen and oxygen atoms in total. The Balaban J connectivity index is 2.09. The fourth-order valence-corrected chi connectivity index (χ4v) is 1.74. The standard InChI is InChI=1S/C14H20N6O/c1-3-8-21-14-18-12(17-13(19-14)20-15)16-9-11-7-5-4-6-10(11)2/h4-7H,3,8-9,15H2,1-2H3,(H2,16,17,18,19,20). The van der Waals surface area contributed by atoms with Crippen LogP contribution in [0, 0.1) is 6.92 Å². The molecule has 1 heterocycles. The van der Waals surface area contributed by atoms with E-state index in [-0.39, 0.29) is 12.0 Å². The number of hydrogen-bond acceptors (Lipinski definition) is 7. The number of ether oxygens (including phenoxy) is 1. The lowest BCUT2D eigenvalue weighted by Gasteiger charge is -2.10. The van der Waals surface area contributed by atoms with E-state index in [2.05, 4.69) is 44.8 Å². The number of nitrogens with zero attached hydrogens (tertiary/aromatic N) is 3. The maximum atomic E-state index is 5.42. The van der Waals surface area contributed by atoms with Crippen LogP contribution < -0.4 is 21.3 Å². The van der Waals surface area contributed by atoms with Crippen molar-refractivity contribution >= 4 is 11.9 Å². The van der Waals surface area contributed by atoms with Crippen molar-refractivity contribution in [2.45, 2.75) is 26.8 Å². The summed E-state index contributed by atoms with van der Waals surface area (Å²) in [5.41, 5.74) is 4.80. The number of aryl methyl sites for hydroxylation is 1. The smallest absolute Gasteiger partial charge is 0.323 e. The summed E-state index contributed by atoms with van der Waals surface area (Å²) in [4.78, 5) is 12.4. The molecule has 1 aromatic carbocycles. The summed E-state index contributed by atoms with van der Waals surface area (Å²) in [6.07, 6.45) is 0.878. The summed E-state index contributed by atoms with van der Waals surface area (Å²) in [6.45, 7) is 5.24. The van der Waals surface area contributed by atoms with Gasteiger partial charge in [0.2, 0.25) is 11.9 Å². The molecule has 0 aliphatic heterocycles. The highest BCUT2D eigenvalue weighted by Crippen LogP contribution is 2.13. The number of nitrogens with one attached hydrogen (secondary N) is 2. The molecule has 1 aromatic heterocycles. The molecule has 0 amide bonds. The summed E-state index contributed by atoms with van der Waals surface area (Å²) < 4.78 is 5.42. The minimum Gasteiger partial charge on any atom is -0.463 e. The van der Waals surface area contributed by atoms with Gasteiger partial charge >= 0.3 is 6.01 Å². The van der Waals surface area contributed by atoms with Gasteiger partial charge in [0.25, 0.3) is 0 Å². The summed E-state index contributed by atoms with van der Waals surface area (Å²) in [5.74, 6) is 6.05. The normalized spacial score (nSPS) is 10.2.